The summed E-state index contributed by atoms with van der Waals surface area (Å²) in [7, 11) is -3.88. The number of fused-ring (bicyclic) bond motifs is 1. The molecule has 3 fully saturated rings. The predicted molar refractivity (Wildman–Crippen MR) is 199 cm³/mol. The van der Waals surface area contributed by atoms with Crippen LogP contribution in [0.15, 0.2) is 47.6 Å². The Morgan fingerprint density at radius 3 is 2.02 bits per heavy atom. The zero-order chi connectivity index (χ0) is 33.5. The summed E-state index contributed by atoms with van der Waals surface area (Å²) in [6, 6.07) is 0. The van der Waals surface area contributed by atoms with Gasteiger partial charge in [-0.3, -0.25) is 0 Å². The topological polar surface area (TPSA) is 18.5 Å². The molecule has 0 N–H and O–H groups in total. The molecule has 0 aromatic carbocycles. The molecule has 0 saturated heterocycles. The average molecular weight is 641 g/mol. The predicted octanol–water partition coefficient (Wildman–Crippen LogP) is 12.7. The van der Waals surface area contributed by atoms with Crippen molar-refractivity contribution in [1.82, 2.24) is 0 Å². The van der Waals surface area contributed by atoms with Gasteiger partial charge in [-0.15, -0.1) is 0 Å². The zero-order valence-electron chi connectivity index (χ0n) is 31.8. The molecule has 44 heavy (non-hydrogen) atoms. The molecule has 252 valence electrons. The van der Waals surface area contributed by atoms with Crippen LogP contribution in [-0.2, 0) is 8.85 Å². The molecule has 0 bridgehead atoms. The van der Waals surface area contributed by atoms with E-state index in [2.05, 4.69) is 127 Å². The Hall–Kier alpha value is -0.686. The van der Waals surface area contributed by atoms with Crippen molar-refractivity contribution < 1.29 is 8.85 Å². The van der Waals surface area contributed by atoms with Gasteiger partial charge in [0.25, 0.3) is 0 Å². The summed E-state index contributed by atoms with van der Waals surface area (Å²) in [5, 5.41) is 0.352. The van der Waals surface area contributed by atoms with Gasteiger partial charge < -0.3 is 8.85 Å². The van der Waals surface area contributed by atoms with Crippen LogP contribution in [0.3, 0.4) is 0 Å². The highest BCUT2D eigenvalue weighted by Crippen LogP contribution is 2.59. The Morgan fingerprint density at radius 2 is 1.45 bits per heavy atom. The zero-order valence-corrected chi connectivity index (χ0v) is 33.8. The summed E-state index contributed by atoms with van der Waals surface area (Å²) < 4.78 is 14.2. The molecule has 3 rings (SSSR count). The van der Waals surface area contributed by atoms with E-state index in [1.54, 1.807) is 5.57 Å². The van der Waals surface area contributed by atoms with Crippen molar-refractivity contribution in [3.8, 4) is 0 Å². The summed E-state index contributed by atoms with van der Waals surface area (Å²) >= 11 is 0. The second-order valence-electron chi connectivity index (χ2n) is 18.7. The lowest BCUT2D eigenvalue weighted by molar-refractivity contribution is 0.0969. The number of allylic oxidation sites excluding steroid dienone is 5. The molecule has 0 radical (unpaired) electrons. The molecule has 2 nitrogen and oxygen atoms in total. The van der Waals surface area contributed by atoms with Crippen molar-refractivity contribution in [3.05, 3.63) is 47.6 Å². The molecule has 3 aliphatic carbocycles. The van der Waals surface area contributed by atoms with Crippen LogP contribution in [0, 0.1) is 35.0 Å². The van der Waals surface area contributed by atoms with Gasteiger partial charge in [-0.1, -0.05) is 113 Å². The molecule has 0 aromatic heterocycles. The first-order chi connectivity index (χ1) is 20.0. The normalized spacial score (nSPS) is 32.6. The highest BCUT2D eigenvalue weighted by Gasteiger charge is 2.50. The highest BCUT2D eigenvalue weighted by molar-refractivity contribution is 6.74. The van der Waals surface area contributed by atoms with Crippen molar-refractivity contribution in [2.24, 2.45) is 35.0 Å². The van der Waals surface area contributed by atoms with Gasteiger partial charge in [-0.05, 0) is 121 Å². The standard InChI is InChI=1S/C40H72O2Si2/c1-28(2)29(3)19-20-30(4)35-23-24-36-32(18-17-25-40(35,36)12)21-22-33-26-34(41-43(13,14)38(6,7)8)27-37(31(33)5)42-44(15,16)39(9,10)11/h19-22,28-30,34-37H,5,17-18,23-27H2,1-4,6-16H3/b20-19+,32-21+,33-22+/t29-,30+,34-,35+,36-,37-,40+/m0/s1. The van der Waals surface area contributed by atoms with E-state index in [1.807, 2.05) is 0 Å². The number of rotatable bonds is 9. The first kappa shape index (κ1) is 37.8. The lowest BCUT2D eigenvalue weighted by Gasteiger charge is -2.45. The molecule has 0 spiro atoms. The van der Waals surface area contributed by atoms with Crippen LogP contribution in [0.2, 0.25) is 36.3 Å². The van der Waals surface area contributed by atoms with E-state index in [0.29, 0.717) is 29.1 Å². The largest absolute Gasteiger partial charge is 0.413 e. The number of hydrogen-bond acceptors (Lipinski definition) is 2. The van der Waals surface area contributed by atoms with Crippen molar-refractivity contribution in [1.29, 1.82) is 0 Å². The summed E-state index contributed by atoms with van der Waals surface area (Å²) in [6.45, 7) is 40.5. The SMILES string of the molecule is C=C1/C(=C/C=C2\CCC[C@]3(C)[C@@H]([C@H](C)/C=C/[C@H](C)C(C)C)CC[C@@H]23)C[C@H](O[Si](C)(C)C(C)(C)C)C[C@@H]1O[Si](C)(C)C(C)(C)C. The Bertz CT molecular complexity index is 1100. The Labute approximate surface area is 276 Å². The van der Waals surface area contributed by atoms with E-state index in [9.17, 15) is 0 Å². The van der Waals surface area contributed by atoms with Crippen molar-refractivity contribution in [3.63, 3.8) is 0 Å². The second-order valence-corrected chi connectivity index (χ2v) is 28.2. The summed E-state index contributed by atoms with van der Waals surface area (Å²) in [5.74, 6) is 3.47. The van der Waals surface area contributed by atoms with Crippen LogP contribution in [0.1, 0.15) is 121 Å². The van der Waals surface area contributed by atoms with E-state index < -0.39 is 16.6 Å². The van der Waals surface area contributed by atoms with Crippen molar-refractivity contribution in [2.45, 2.75) is 170 Å². The molecule has 3 aliphatic rings. The highest BCUT2D eigenvalue weighted by atomic mass is 28.4. The number of hydrogen-bond donors (Lipinski definition) is 0. The third-order valence-corrected chi connectivity index (χ3v) is 22.2. The van der Waals surface area contributed by atoms with Gasteiger partial charge in [0.05, 0.1) is 12.2 Å². The molecule has 7 atom stereocenters. The molecule has 0 unspecified atom stereocenters. The summed E-state index contributed by atoms with van der Waals surface area (Å²) in [5.41, 5.74) is 4.64. The Kier molecular flexibility index (Phi) is 11.9. The lowest BCUT2D eigenvalue weighted by atomic mass is 9.61. The molecule has 0 aromatic rings. The van der Waals surface area contributed by atoms with Crippen LogP contribution in [0.4, 0.5) is 0 Å². The minimum Gasteiger partial charge on any atom is -0.413 e. The first-order valence-electron chi connectivity index (χ1n) is 18.1. The fourth-order valence-electron chi connectivity index (χ4n) is 7.62. The van der Waals surface area contributed by atoms with Crippen LogP contribution in [0.25, 0.3) is 0 Å². The minimum absolute atomic E-state index is 0.0393. The van der Waals surface area contributed by atoms with Crippen LogP contribution >= 0.6 is 0 Å². The maximum Gasteiger partial charge on any atom is 0.192 e. The van der Waals surface area contributed by atoms with Gasteiger partial charge in [0, 0.05) is 6.42 Å². The monoisotopic (exact) mass is 641 g/mol. The average Bonchev–Trinajstić information content (AvgIpc) is 3.23. The Balaban J connectivity index is 1.90. The van der Waals surface area contributed by atoms with Gasteiger partial charge >= 0.3 is 0 Å². The molecular weight excluding hydrogens is 569 g/mol. The van der Waals surface area contributed by atoms with Gasteiger partial charge in [0.1, 0.15) is 0 Å². The van der Waals surface area contributed by atoms with Gasteiger partial charge in [-0.2, -0.15) is 0 Å². The van der Waals surface area contributed by atoms with Crippen LogP contribution in [0.5, 0.6) is 0 Å². The van der Waals surface area contributed by atoms with Crippen LogP contribution in [-0.4, -0.2) is 28.8 Å². The van der Waals surface area contributed by atoms with E-state index in [-0.39, 0.29) is 22.3 Å². The summed E-state index contributed by atoms with van der Waals surface area (Å²) in [6.07, 6.45) is 18.8. The first-order valence-corrected chi connectivity index (χ1v) is 23.9. The fourth-order valence-corrected chi connectivity index (χ4v) is 10.3. The molecule has 0 heterocycles. The third-order valence-electron chi connectivity index (χ3n) is 13.2. The molecule has 0 aliphatic heterocycles. The van der Waals surface area contributed by atoms with Crippen molar-refractivity contribution in [2.75, 3.05) is 0 Å². The van der Waals surface area contributed by atoms with E-state index in [4.69, 9.17) is 15.4 Å². The molecule has 3 saturated carbocycles. The van der Waals surface area contributed by atoms with Gasteiger partial charge in [0.2, 0.25) is 0 Å². The summed E-state index contributed by atoms with van der Waals surface area (Å²) in [4.78, 5) is 0. The quantitative estimate of drug-likeness (QED) is 0.184. The Morgan fingerprint density at radius 1 is 0.864 bits per heavy atom. The van der Waals surface area contributed by atoms with Crippen LogP contribution < -0.4 is 0 Å². The van der Waals surface area contributed by atoms with Gasteiger partial charge in [0.15, 0.2) is 16.6 Å². The second kappa shape index (κ2) is 13.8. The molecular formula is C40H72O2Si2. The smallest absolute Gasteiger partial charge is 0.192 e. The van der Waals surface area contributed by atoms with Gasteiger partial charge in [-0.25, -0.2) is 0 Å². The van der Waals surface area contributed by atoms with E-state index >= 15 is 0 Å². The fraction of sp³-hybridized carbons (Fsp3) is 0.800. The minimum atomic E-state index is -1.96. The maximum absolute atomic E-state index is 7.09. The molecule has 4 heteroatoms. The molecule has 0 amide bonds. The third kappa shape index (κ3) is 8.42. The van der Waals surface area contributed by atoms with E-state index in [1.165, 1.54) is 43.3 Å². The lowest BCUT2D eigenvalue weighted by Crippen LogP contribution is -2.49. The van der Waals surface area contributed by atoms with E-state index in [0.717, 1.165) is 18.8 Å². The van der Waals surface area contributed by atoms with Crippen molar-refractivity contribution >= 4 is 16.6 Å². The maximum atomic E-state index is 7.09.